The molecule has 1 heterocycles. The summed E-state index contributed by atoms with van der Waals surface area (Å²) in [6.45, 7) is 8.58. The first-order chi connectivity index (χ1) is 8.92. The van der Waals surface area contributed by atoms with E-state index in [4.69, 9.17) is 4.74 Å². The second kappa shape index (κ2) is 5.39. The molecule has 0 spiro atoms. The van der Waals surface area contributed by atoms with E-state index in [0.29, 0.717) is 5.88 Å². The van der Waals surface area contributed by atoms with Crippen LogP contribution in [0.2, 0.25) is 0 Å². The zero-order valence-electron chi connectivity index (χ0n) is 12.0. The number of aryl methyl sites for hydroxylation is 1. The quantitative estimate of drug-likeness (QED) is 0.826. The third-order valence-electron chi connectivity index (χ3n) is 2.59. The van der Waals surface area contributed by atoms with Gasteiger partial charge < -0.3 is 4.74 Å². The average Bonchev–Trinajstić information content (AvgIpc) is 2.27. The highest BCUT2D eigenvalue weighted by Gasteiger charge is 2.11. The van der Waals surface area contributed by atoms with Gasteiger partial charge in [0.1, 0.15) is 5.75 Å². The predicted octanol–water partition coefficient (Wildman–Crippen LogP) is 4.17. The third-order valence-corrected chi connectivity index (χ3v) is 2.59. The predicted molar refractivity (Wildman–Crippen MR) is 76.4 cm³/mol. The summed E-state index contributed by atoms with van der Waals surface area (Å²) in [6.07, 6.45) is 4.36. The Morgan fingerprint density at radius 1 is 1.16 bits per heavy atom. The molecule has 0 aliphatic rings. The molecule has 0 saturated heterocycles. The maximum Gasteiger partial charge on any atom is 0.238 e. The van der Waals surface area contributed by atoms with E-state index in [9.17, 15) is 0 Å². The zero-order chi connectivity index (χ0) is 13.9. The van der Waals surface area contributed by atoms with E-state index in [0.717, 1.165) is 17.9 Å². The second-order valence-corrected chi connectivity index (χ2v) is 5.99. The molecule has 0 N–H and O–H groups in total. The van der Waals surface area contributed by atoms with Crippen LogP contribution in [0.5, 0.6) is 11.6 Å². The number of rotatable bonds is 3. The van der Waals surface area contributed by atoms with Crippen molar-refractivity contribution in [2.45, 2.75) is 34.1 Å². The van der Waals surface area contributed by atoms with Crippen LogP contribution in [0, 0.1) is 12.3 Å². The fourth-order valence-corrected chi connectivity index (χ4v) is 1.94. The van der Waals surface area contributed by atoms with Crippen LogP contribution >= 0.6 is 0 Å². The molecule has 0 aliphatic heterocycles. The number of ether oxygens (including phenoxy) is 1. The Kier molecular flexibility index (Phi) is 3.84. The molecule has 0 unspecified atom stereocenters. The molecule has 3 heteroatoms. The standard InChI is InChI=1S/C16H20N2O/c1-12-10-17-11-15(18-12)19-14-7-5-6-13(8-14)9-16(2,3)4/h5-8,10-11H,9H2,1-4H3. The molecule has 0 atom stereocenters. The Morgan fingerprint density at radius 2 is 1.95 bits per heavy atom. The Bertz CT molecular complexity index is 559. The number of hydrogen-bond acceptors (Lipinski definition) is 3. The van der Waals surface area contributed by atoms with Gasteiger partial charge in [-0.05, 0) is 36.5 Å². The van der Waals surface area contributed by atoms with E-state index in [1.54, 1.807) is 12.4 Å². The van der Waals surface area contributed by atoms with Gasteiger partial charge in [-0.3, -0.25) is 4.98 Å². The molecule has 0 saturated carbocycles. The summed E-state index contributed by atoms with van der Waals surface area (Å²) in [4.78, 5) is 8.36. The molecule has 0 radical (unpaired) electrons. The summed E-state index contributed by atoms with van der Waals surface area (Å²) in [5.74, 6) is 1.34. The number of aromatic nitrogens is 2. The van der Waals surface area contributed by atoms with E-state index < -0.39 is 0 Å². The molecule has 0 fully saturated rings. The van der Waals surface area contributed by atoms with Crippen molar-refractivity contribution in [2.24, 2.45) is 5.41 Å². The second-order valence-electron chi connectivity index (χ2n) is 5.99. The normalized spacial score (nSPS) is 11.4. The molecule has 100 valence electrons. The molecule has 2 rings (SSSR count). The van der Waals surface area contributed by atoms with Gasteiger partial charge in [-0.1, -0.05) is 32.9 Å². The van der Waals surface area contributed by atoms with Crippen LogP contribution in [-0.4, -0.2) is 9.97 Å². The number of hydrogen-bond donors (Lipinski definition) is 0. The molecular weight excluding hydrogens is 236 g/mol. The topological polar surface area (TPSA) is 35.0 Å². The van der Waals surface area contributed by atoms with E-state index in [1.165, 1.54) is 5.56 Å². The summed E-state index contributed by atoms with van der Waals surface area (Å²) in [5, 5.41) is 0. The molecule has 0 aliphatic carbocycles. The van der Waals surface area contributed by atoms with Gasteiger partial charge >= 0.3 is 0 Å². The Balaban J connectivity index is 2.15. The van der Waals surface area contributed by atoms with Gasteiger partial charge in [-0.15, -0.1) is 0 Å². The van der Waals surface area contributed by atoms with Crippen molar-refractivity contribution in [1.82, 2.24) is 9.97 Å². The van der Waals surface area contributed by atoms with Crippen molar-refractivity contribution in [3.63, 3.8) is 0 Å². The summed E-state index contributed by atoms with van der Waals surface area (Å²) in [5.41, 5.74) is 2.39. The van der Waals surface area contributed by atoms with E-state index in [1.807, 2.05) is 19.1 Å². The molecule has 0 amide bonds. The first kappa shape index (κ1) is 13.5. The van der Waals surface area contributed by atoms with Crippen molar-refractivity contribution < 1.29 is 4.74 Å². The van der Waals surface area contributed by atoms with E-state index in [-0.39, 0.29) is 5.41 Å². The first-order valence-electron chi connectivity index (χ1n) is 6.48. The monoisotopic (exact) mass is 256 g/mol. The molecule has 19 heavy (non-hydrogen) atoms. The fourth-order valence-electron chi connectivity index (χ4n) is 1.94. The largest absolute Gasteiger partial charge is 0.437 e. The first-order valence-corrected chi connectivity index (χ1v) is 6.48. The zero-order valence-corrected chi connectivity index (χ0v) is 12.0. The molecule has 1 aromatic heterocycles. The lowest BCUT2D eigenvalue weighted by Crippen LogP contribution is -2.08. The maximum atomic E-state index is 5.74. The van der Waals surface area contributed by atoms with Crippen LogP contribution in [0.1, 0.15) is 32.0 Å². The van der Waals surface area contributed by atoms with Gasteiger partial charge in [0.2, 0.25) is 5.88 Å². The van der Waals surface area contributed by atoms with E-state index >= 15 is 0 Å². The van der Waals surface area contributed by atoms with E-state index in [2.05, 4.69) is 42.9 Å². The third kappa shape index (κ3) is 4.36. The minimum atomic E-state index is 0.266. The maximum absolute atomic E-state index is 5.74. The van der Waals surface area contributed by atoms with Crippen molar-refractivity contribution in [1.29, 1.82) is 0 Å². The lowest BCUT2D eigenvalue weighted by molar-refractivity contribution is 0.409. The highest BCUT2D eigenvalue weighted by Crippen LogP contribution is 2.25. The molecular formula is C16H20N2O. The lowest BCUT2D eigenvalue weighted by atomic mass is 9.88. The molecule has 1 aromatic carbocycles. The SMILES string of the molecule is Cc1cncc(Oc2cccc(CC(C)(C)C)c2)n1. The van der Waals surface area contributed by atoms with Gasteiger partial charge in [-0.2, -0.15) is 0 Å². The van der Waals surface area contributed by atoms with Crippen molar-refractivity contribution >= 4 is 0 Å². The van der Waals surface area contributed by atoms with Crippen molar-refractivity contribution in [2.75, 3.05) is 0 Å². The summed E-state index contributed by atoms with van der Waals surface area (Å²) in [6, 6.07) is 8.14. The number of nitrogens with zero attached hydrogens (tertiary/aromatic N) is 2. The Hall–Kier alpha value is -1.90. The summed E-state index contributed by atoms with van der Waals surface area (Å²) in [7, 11) is 0. The van der Waals surface area contributed by atoms with Gasteiger partial charge in [0.15, 0.2) is 0 Å². The lowest BCUT2D eigenvalue weighted by Gasteiger charge is -2.18. The van der Waals surface area contributed by atoms with Crippen LogP contribution in [0.4, 0.5) is 0 Å². The number of benzene rings is 1. The van der Waals surface area contributed by atoms with Gasteiger partial charge in [0.05, 0.1) is 11.9 Å². The van der Waals surface area contributed by atoms with Gasteiger partial charge in [-0.25, -0.2) is 4.98 Å². The van der Waals surface area contributed by atoms with Crippen LogP contribution in [0.3, 0.4) is 0 Å². The van der Waals surface area contributed by atoms with Gasteiger partial charge in [0, 0.05) is 6.20 Å². The average molecular weight is 256 g/mol. The van der Waals surface area contributed by atoms with Crippen molar-refractivity contribution in [3.05, 3.63) is 47.9 Å². The summed E-state index contributed by atoms with van der Waals surface area (Å²) < 4.78 is 5.74. The highest BCUT2D eigenvalue weighted by atomic mass is 16.5. The Morgan fingerprint density at radius 3 is 2.63 bits per heavy atom. The molecule has 2 aromatic rings. The van der Waals surface area contributed by atoms with Crippen LogP contribution < -0.4 is 4.74 Å². The minimum Gasteiger partial charge on any atom is -0.437 e. The smallest absolute Gasteiger partial charge is 0.238 e. The Labute approximate surface area is 114 Å². The van der Waals surface area contributed by atoms with Crippen LogP contribution in [-0.2, 0) is 6.42 Å². The van der Waals surface area contributed by atoms with Crippen molar-refractivity contribution in [3.8, 4) is 11.6 Å². The molecule has 3 nitrogen and oxygen atoms in total. The fraction of sp³-hybridized carbons (Fsp3) is 0.375. The minimum absolute atomic E-state index is 0.266. The highest BCUT2D eigenvalue weighted by molar-refractivity contribution is 5.31. The summed E-state index contributed by atoms with van der Waals surface area (Å²) >= 11 is 0. The van der Waals surface area contributed by atoms with Gasteiger partial charge in [0.25, 0.3) is 0 Å². The molecule has 0 bridgehead atoms. The van der Waals surface area contributed by atoms with Crippen LogP contribution in [0.25, 0.3) is 0 Å². The van der Waals surface area contributed by atoms with Crippen LogP contribution in [0.15, 0.2) is 36.7 Å².